The van der Waals surface area contributed by atoms with E-state index in [0.717, 1.165) is 23.0 Å². The Morgan fingerprint density at radius 2 is 1.73 bits per heavy atom. The Balaban J connectivity index is 0.00000407. The molecular formula is C26H40NO2P. The summed E-state index contributed by atoms with van der Waals surface area (Å²) in [6.07, 6.45) is 7.02. The first-order valence-electron chi connectivity index (χ1n) is 10.6. The largest absolute Gasteiger partial charge is 0.478 e. The van der Waals surface area contributed by atoms with Gasteiger partial charge in [0.25, 0.3) is 0 Å². The molecule has 1 unspecified atom stereocenters. The van der Waals surface area contributed by atoms with E-state index in [-0.39, 0.29) is 5.41 Å². The molecule has 0 aliphatic rings. The lowest BCUT2D eigenvalue weighted by Crippen LogP contribution is -2.23. The molecule has 0 bridgehead atoms. The summed E-state index contributed by atoms with van der Waals surface area (Å²) < 4.78 is 0. The fourth-order valence-corrected chi connectivity index (χ4v) is 5.37. The second-order valence-corrected chi connectivity index (χ2v) is 11.3. The number of rotatable bonds is 7. The molecule has 0 aromatic heterocycles. The van der Waals surface area contributed by atoms with Crippen molar-refractivity contribution in [1.82, 2.24) is 5.09 Å². The Hall–Kier alpha value is -2.01. The molecule has 0 saturated carbocycles. The number of hydrogen-bond donors (Lipinski definition) is 2. The number of aryl methyl sites for hydroxylation is 1. The topological polar surface area (TPSA) is 49.3 Å². The van der Waals surface area contributed by atoms with E-state index in [2.05, 4.69) is 82.1 Å². The highest BCUT2D eigenvalue weighted by Crippen LogP contribution is 2.42. The van der Waals surface area contributed by atoms with Gasteiger partial charge in [-0.3, -0.25) is 5.09 Å². The minimum atomic E-state index is -2.01. The highest BCUT2D eigenvalue weighted by molar-refractivity contribution is 7.79. The summed E-state index contributed by atoms with van der Waals surface area (Å²) >= 11 is 0. The predicted octanol–water partition coefficient (Wildman–Crippen LogP) is 6.02. The summed E-state index contributed by atoms with van der Waals surface area (Å²) in [6, 6.07) is 8.36. The van der Waals surface area contributed by atoms with Crippen molar-refractivity contribution in [2.75, 3.05) is 12.7 Å². The number of benzene rings is 1. The molecule has 3 nitrogen and oxygen atoms in total. The molecule has 0 radical (unpaired) electrons. The zero-order valence-corrected chi connectivity index (χ0v) is 21.2. The van der Waals surface area contributed by atoms with Crippen LogP contribution in [-0.2, 0) is 4.79 Å². The second kappa shape index (κ2) is 12.6. The van der Waals surface area contributed by atoms with Gasteiger partial charge in [0.15, 0.2) is 0 Å². The predicted molar refractivity (Wildman–Crippen MR) is 136 cm³/mol. The van der Waals surface area contributed by atoms with Crippen molar-refractivity contribution in [3.05, 3.63) is 52.6 Å². The fraction of sp³-hybridized carbons (Fsp3) is 0.462. The third kappa shape index (κ3) is 9.66. The summed E-state index contributed by atoms with van der Waals surface area (Å²) in [5.41, 5.74) is 3.07. The molecule has 4 heteroatoms. The lowest BCUT2D eigenvalue weighted by molar-refractivity contribution is -0.132. The number of allylic oxidation sites excluding steroid dienone is 3. The maximum absolute atomic E-state index is 11.7. The Labute approximate surface area is 184 Å². The molecule has 0 aliphatic carbocycles. The number of carboxylic acid groups (broad SMARTS) is 1. The van der Waals surface area contributed by atoms with Crippen LogP contribution in [0.25, 0.3) is 0 Å². The molecule has 30 heavy (non-hydrogen) atoms. The normalized spacial score (nSPS) is 14.4. The van der Waals surface area contributed by atoms with Crippen LogP contribution in [0, 0.1) is 24.2 Å². The molecule has 1 rings (SSSR count). The molecule has 0 saturated heterocycles. The van der Waals surface area contributed by atoms with E-state index in [1.54, 1.807) is 6.92 Å². The van der Waals surface area contributed by atoms with E-state index in [0.29, 0.717) is 11.7 Å². The molecule has 1 aromatic carbocycles. The van der Waals surface area contributed by atoms with Crippen LogP contribution in [0.15, 0.2) is 47.1 Å². The molecular weight excluding hydrogens is 389 g/mol. The lowest BCUT2D eigenvalue weighted by atomic mass is 9.97. The van der Waals surface area contributed by atoms with Crippen LogP contribution in [0.3, 0.4) is 0 Å². The molecule has 1 atom stereocenters. The van der Waals surface area contributed by atoms with Crippen LogP contribution in [0.1, 0.15) is 61.0 Å². The zero-order chi connectivity index (χ0) is 23.5. The van der Waals surface area contributed by atoms with Crippen molar-refractivity contribution in [2.45, 2.75) is 62.3 Å². The van der Waals surface area contributed by atoms with Crippen molar-refractivity contribution in [3.8, 4) is 11.8 Å². The van der Waals surface area contributed by atoms with Crippen molar-refractivity contribution in [3.63, 3.8) is 0 Å². The summed E-state index contributed by atoms with van der Waals surface area (Å²) in [4.78, 5) is 11.7. The van der Waals surface area contributed by atoms with Crippen LogP contribution >= 0.6 is 7.04 Å². The number of aliphatic carboxylic acids is 1. The standard InChI is InChI=1S/C24H34NO2P.C2H6/c1-9-25-28(8,22-12-10-18(2)11-13-22)17-21(20(4)23(26)27)16-19(3)14-15-24(5,6)7;1-2/h10-13,16,25H,8-9,17H2,1-7H3,(H,26,27);1-2H3/b19-16+,21-20-;. The van der Waals surface area contributed by atoms with Gasteiger partial charge in [0.05, 0.1) is 0 Å². The fourth-order valence-electron chi connectivity index (χ4n) is 2.66. The third-order valence-corrected chi connectivity index (χ3v) is 7.35. The Morgan fingerprint density at radius 1 is 1.20 bits per heavy atom. The molecule has 0 heterocycles. The van der Waals surface area contributed by atoms with Crippen molar-refractivity contribution in [2.24, 2.45) is 5.41 Å². The van der Waals surface area contributed by atoms with Crippen molar-refractivity contribution < 1.29 is 9.90 Å². The van der Waals surface area contributed by atoms with Gasteiger partial charge in [0.2, 0.25) is 0 Å². The smallest absolute Gasteiger partial charge is 0.331 e. The number of carbonyl (C=O) groups is 1. The second-order valence-electron chi connectivity index (χ2n) is 8.26. The molecule has 166 valence electrons. The third-order valence-electron chi connectivity index (χ3n) is 4.26. The highest BCUT2D eigenvalue weighted by atomic mass is 31.2. The molecule has 0 aliphatic heterocycles. The van der Waals surface area contributed by atoms with E-state index in [4.69, 9.17) is 0 Å². The number of nitrogens with one attached hydrogen (secondary N) is 1. The first kappa shape index (κ1) is 28.0. The molecule has 1 aromatic rings. The van der Waals surface area contributed by atoms with E-state index >= 15 is 0 Å². The average molecular weight is 430 g/mol. The van der Waals surface area contributed by atoms with Crippen LogP contribution in [0.5, 0.6) is 0 Å². The Bertz CT molecular complexity index is 872. The quantitative estimate of drug-likeness (QED) is 0.241. The van der Waals surface area contributed by atoms with Gasteiger partial charge in [-0.1, -0.05) is 68.7 Å². The molecule has 0 amide bonds. The van der Waals surface area contributed by atoms with E-state index in [1.165, 1.54) is 5.56 Å². The summed E-state index contributed by atoms with van der Waals surface area (Å²) in [7, 11) is -2.01. The first-order valence-corrected chi connectivity index (χ1v) is 12.7. The van der Waals surface area contributed by atoms with Gasteiger partial charge in [0.1, 0.15) is 0 Å². The maximum Gasteiger partial charge on any atom is 0.331 e. The highest BCUT2D eigenvalue weighted by Gasteiger charge is 2.20. The summed E-state index contributed by atoms with van der Waals surface area (Å²) in [5, 5.41) is 14.3. The minimum Gasteiger partial charge on any atom is -0.478 e. The van der Waals surface area contributed by atoms with Crippen LogP contribution in [0.4, 0.5) is 0 Å². The van der Waals surface area contributed by atoms with Gasteiger partial charge < -0.3 is 5.11 Å². The van der Waals surface area contributed by atoms with Gasteiger partial charge in [-0.15, -0.1) is 0 Å². The maximum atomic E-state index is 11.7. The summed E-state index contributed by atoms with van der Waals surface area (Å²) in [5.74, 6) is 5.47. The zero-order valence-electron chi connectivity index (χ0n) is 20.3. The van der Waals surface area contributed by atoms with E-state index in [9.17, 15) is 9.90 Å². The van der Waals surface area contributed by atoms with Gasteiger partial charge in [0, 0.05) is 17.2 Å². The molecule has 2 N–H and O–H groups in total. The van der Waals surface area contributed by atoms with E-state index in [1.807, 2.05) is 26.8 Å². The summed E-state index contributed by atoms with van der Waals surface area (Å²) in [6.45, 7) is 18.6. The van der Waals surface area contributed by atoms with Gasteiger partial charge >= 0.3 is 5.97 Å². The van der Waals surface area contributed by atoms with Gasteiger partial charge in [-0.2, -0.15) is 0 Å². The van der Waals surface area contributed by atoms with Gasteiger partial charge in [-0.05, 0) is 77.7 Å². The average Bonchev–Trinajstić information content (AvgIpc) is 2.67. The Morgan fingerprint density at radius 3 is 2.17 bits per heavy atom. The number of carboxylic acids is 1. The first-order chi connectivity index (χ1) is 13.9. The minimum absolute atomic E-state index is 0.102. The molecule has 0 fully saturated rings. The Kier molecular flexibility index (Phi) is 11.8. The van der Waals surface area contributed by atoms with Crippen LogP contribution in [0.2, 0.25) is 0 Å². The van der Waals surface area contributed by atoms with E-state index < -0.39 is 13.0 Å². The van der Waals surface area contributed by atoms with Crippen LogP contribution in [-0.4, -0.2) is 30.1 Å². The number of hydrogen-bond acceptors (Lipinski definition) is 2. The lowest BCUT2D eigenvalue weighted by Gasteiger charge is -2.27. The van der Waals surface area contributed by atoms with Crippen molar-refractivity contribution in [1.29, 1.82) is 0 Å². The van der Waals surface area contributed by atoms with Crippen molar-refractivity contribution >= 4 is 24.6 Å². The molecule has 0 spiro atoms. The monoisotopic (exact) mass is 429 g/mol. The van der Waals surface area contributed by atoms with Gasteiger partial charge in [-0.25, -0.2) is 4.79 Å². The van der Waals surface area contributed by atoms with Crippen LogP contribution < -0.4 is 10.4 Å². The SMILES string of the molecule is C=P(CC(/C=C(\C)C#CC(C)(C)C)=C(/C)C(=O)O)(NCC)c1ccc(C)cc1.CC.